The van der Waals surface area contributed by atoms with E-state index in [2.05, 4.69) is 31.1 Å². The van der Waals surface area contributed by atoms with Crippen LogP contribution in [0, 0.1) is 5.82 Å². The molecule has 0 saturated carbocycles. The summed E-state index contributed by atoms with van der Waals surface area (Å²) in [6.45, 7) is 0. The van der Waals surface area contributed by atoms with Crippen LogP contribution in [-0.2, 0) is 17.6 Å². The second kappa shape index (κ2) is 8.42. The molecule has 0 fully saturated rings. The van der Waals surface area contributed by atoms with Crippen molar-refractivity contribution >= 4 is 11.6 Å². The standard InChI is InChI=1S/C20H17FN6O2/c21-15-5-3-14(4-6-15)17-12-22-29-18(17)9-10-20(28)23-16-7-1-13(2-8-16)11-19-24-26-27-25-19/h1-8,12H,9-11H2,(H,23,28)(H,24,25,26,27). The van der Waals surface area contributed by atoms with Crippen LogP contribution in [0.1, 0.15) is 23.6 Å². The third-order valence-electron chi connectivity index (χ3n) is 4.37. The second-order valence-corrected chi connectivity index (χ2v) is 6.42. The lowest BCUT2D eigenvalue weighted by Gasteiger charge is -2.06. The summed E-state index contributed by atoms with van der Waals surface area (Å²) in [7, 11) is 0. The number of anilines is 1. The SMILES string of the molecule is O=C(CCc1oncc1-c1ccc(F)cc1)Nc1ccc(Cc2nn[nH]n2)cc1. The predicted molar refractivity (Wildman–Crippen MR) is 102 cm³/mol. The molecule has 0 radical (unpaired) electrons. The topological polar surface area (TPSA) is 110 Å². The molecule has 9 heteroatoms. The molecule has 2 aromatic carbocycles. The average Bonchev–Trinajstić information content (AvgIpc) is 3.40. The van der Waals surface area contributed by atoms with Gasteiger partial charge in [0.05, 0.1) is 6.20 Å². The summed E-state index contributed by atoms with van der Waals surface area (Å²) in [4.78, 5) is 12.3. The van der Waals surface area contributed by atoms with Gasteiger partial charge in [0.1, 0.15) is 11.6 Å². The number of halogens is 1. The molecule has 4 rings (SSSR count). The van der Waals surface area contributed by atoms with Crippen LogP contribution in [-0.4, -0.2) is 31.7 Å². The summed E-state index contributed by atoms with van der Waals surface area (Å²) >= 11 is 0. The summed E-state index contributed by atoms with van der Waals surface area (Å²) in [5.41, 5.74) is 3.25. The van der Waals surface area contributed by atoms with Crippen LogP contribution >= 0.6 is 0 Å². The summed E-state index contributed by atoms with van der Waals surface area (Å²) < 4.78 is 18.4. The van der Waals surface area contributed by atoms with E-state index in [0.717, 1.165) is 16.7 Å². The number of carbonyl (C=O) groups excluding carboxylic acids is 1. The van der Waals surface area contributed by atoms with Gasteiger partial charge < -0.3 is 9.84 Å². The Morgan fingerprint density at radius 3 is 2.62 bits per heavy atom. The third-order valence-corrected chi connectivity index (χ3v) is 4.37. The predicted octanol–water partition coefficient (Wildman–Crippen LogP) is 3.16. The minimum absolute atomic E-state index is 0.141. The zero-order chi connectivity index (χ0) is 20.1. The molecule has 29 heavy (non-hydrogen) atoms. The van der Waals surface area contributed by atoms with Crippen molar-refractivity contribution in [1.29, 1.82) is 0 Å². The van der Waals surface area contributed by atoms with Crippen molar-refractivity contribution in [2.45, 2.75) is 19.3 Å². The van der Waals surface area contributed by atoms with Crippen LogP contribution in [0.25, 0.3) is 11.1 Å². The Hall–Kier alpha value is -3.88. The Bertz CT molecular complexity index is 1080. The first-order chi connectivity index (χ1) is 14.2. The Balaban J connectivity index is 1.33. The number of aromatic nitrogens is 5. The fraction of sp³-hybridized carbons (Fsp3) is 0.150. The lowest BCUT2D eigenvalue weighted by molar-refractivity contribution is -0.116. The quantitative estimate of drug-likeness (QED) is 0.500. The number of nitrogens with one attached hydrogen (secondary N) is 2. The molecular weight excluding hydrogens is 375 g/mol. The summed E-state index contributed by atoms with van der Waals surface area (Å²) in [6.07, 6.45) is 2.74. The van der Waals surface area contributed by atoms with Gasteiger partial charge >= 0.3 is 0 Å². The highest BCUT2D eigenvalue weighted by molar-refractivity contribution is 5.90. The summed E-state index contributed by atoms with van der Waals surface area (Å²) in [5, 5.41) is 20.4. The Kier molecular flexibility index (Phi) is 5.37. The number of tetrazole rings is 1. The molecule has 2 aromatic heterocycles. The fourth-order valence-corrected chi connectivity index (χ4v) is 2.91. The Labute approximate surface area is 165 Å². The minimum Gasteiger partial charge on any atom is -0.361 e. The van der Waals surface area contributed by atoms with E-state index in [9.17, 15) is 9.18 Å². The van der Waals surface area contributed by atoms with Crippen LogP contribution in [0.15, 0.2) is 59.3 Å². The fourth-order valence-electron chi connectivity index (χ4n) is 2.91. The third kappa shape index (κ3) is 4.70. The van der Waals surface area contributed by atoms with Crippen LogP contribution in [0.5, 0.6) is 0 Å². The number of aromatic amines is 1. The number of hydrogen-bond acceptors (Lipinski definition) is 6. The molecule has 0 aliphatic heterocycles. The molecular formula is C20H17FN6O2. The highest BCUT2D eigenvalue weighted by atomic mass is 19.1. The normalized spacial score (nSPS) is 10.8. The van der Waals surface area contributed by atoms with Crippen molar-refractivity contribution in [3.63, 3.8) is 0 Å². The lowest BCUT2D eigenvalue weighted by Crippen LogP contribution is -2.12. The van der Waals surface area contributed by atoms with E-state index in [1.807, 2.05) is 24.3 Å². The molecule has 0 spiro atoms. The van der Waals surface area contributed by atoms with E-state index < -0.39 is 0 Å². The largest absolute Gasteiger partial charge is 0.361 e. The van der Waals surface area contributed by atoms with Crippen LogP contribution in [0.3, 0.4) is 0 Å². The molecule has 0 aliphatic rings. The average molecular weight is 392 g/mol. The number of nitrogens with zero attached hydrogens (tertiary/aromatic N) is 4. The van der Waals surface area contributed by atoms with Crippen molar-refractivity contribution in [2.24, 2.45) is 0 Å². The number of hydrogen-bond donors (Lipinski definition) is 2. The van der Waals surface area contributed by atoms with Gasteiger partial charge in [-0.25, -0.2) is 4.39 Å². The maximum absolute atomic E-state index is 13.1. The maximum Gasteiger partial charge on any atom is 0.224 e. The van der Waals surface area contributed by atoms with Crippen molar-refractivity contribution in [2.75, 3.05) is 5.32 Å². The molecule has 2 heterocycles. The van der Waals surface area contributed by atoms with E-state index in [4.69, 9.17) is 4.52 Å². The molecule has 4 aromatic rings. The Morgan fingerprint density at radius 2 is 1.90 bits per heavy atom. The van der Waals surface area contributed by atoms with E-state index in [-0.39, 0.29) is 18.1 Å². The summed E-state index contributed by atoms with van der Waals surface area (Å²) in [5.74, 6) is 0.736. The second-order valence-electron chi connectivity index (χ2n) is 6.42. The number of benzene rings is 2. The smallest absolute Gasteiger partial charge is 0.224 e. The van der Waals surface area contributed by atoms with E-state index in [1.165, 1.54) is 12.1 Å². The number of rotatable bonds is 7. The van der Waals surface area contributed by atoms with Gasteiger partial charge in [0.25, 0.3) is 0 Å². The van der Waals surface area contributed by atoms with E-state index >= 15 is 0 Å². The van der Waals surface area contributed by atoms with Crippen LogP contribution in [0.2, 0.25) is 0 Å². The molecule has 0 saturated heterocycles. The first kappa shape index (κ1) is 18.5. The first-order valence-corrected chi connectivity index (χ1v) is 8.98. The van der Waals surface area contributed by atoms with Gasteiger partial charge in [0.2, 0.25) is 5.91 Å². The number of H-pyrrole nitrogens is 1. The van der Waals surface area contributed by atoms with Gasteiger partial charge in [-0.15, -0.1) is 10.2 Å². The minimum atomic E-state index is -0.311. The van der Waals surface area contributed by atoms with Gasteiger partial charge in [0.15, 0.2) is 5.82 Å². The monoisotopic (exact) mass is 392 g/mol. The van der Waals surface area contributed by atoms with Crippen molar-refractivity contribution < 1.29 is 13.7 Å². The van der Waals surface area contributed by atoms with Gasteiger partial charge in [-0.05, 0) is 35.4 Å². The molecule has 1 amide bonds. The highest BCUT2D eigenvalue weighted by Crippen LogP contribution is 2.25. The molecule has 8 nitrogen and oxygen atoms in total. The number of carbonyl (C=O) groups is 1. The van der Waals surface area contributed by atoms with Crippen LogP contribution < -0.4 is 5.32 Å². The molecule has 2 N–H and O–H groups in total. The van der Waals surface area contributed by atoms with Crippen LogP contribution in [0.4, 0.5) is 10.1 Å². The van der Waals surface area contributed by atoms with Crippen molar-refractivity contribution in [1.82, 2.24) is 25.8 Å². The molecule has 0 unspecified atom stereocenters. The molecule has 0 aliphatic carbocycles. The van der Waals surface area contributed by atoms with E-state index in [0.29, 0.717) is 30.1 Å². The number of aryl methyl sites for hydroxylation is 1. The van der Waals surface area contributed by atoms with E-state index in [1.54, 1.807) is 18.3 Å². The van der Waals surface area contributed by atoms with Gasteiger partial charge in [-0.2, -0.15) is 5.21 Å². The molecule has 0 atom stereocenters. The van der Waals surface area contributed by atoms with Gasteiger partial charge in [-0.3, -0.25) is 4.79 Å². The van der Waals surface area contributed by atoms with Crippen molar-refractivity contribution in [3.05, 3.63) is 77.7 Å². The zero-order valence-corrected chi connectivity index (χ0v) is 15.3. The lowest BCUT2D eigenvalue weighted by atomic mass is 10.0. The molecule has 0 bridgehead atoms. The Morgan fingerprint density at radius 1 is 1.10 bits per heavy atom. The van der Waals surface area contributed by atoms with Crippen molar-refractivity contribution in [3.8, 4) is 11.1 Å². The maximum atomic E-state index is 13.1. The van der Waals surface area contributed by atoms with Gasteiger partial charge in [0, 0.05) is 30.5 Å². The van der Waals surface area contributed by atoms with Gasteiger partial charge in [-0.1, -0.05) is 34.6 Å². The first-order valence-electron chi connectivity index (χ1n) is 8.98. The molecule has 146 valence electrons. The zero-order valence-electron chi connectivity index (χ0n) is 15.3. The summed E-state index contributed by atoms with van der Waals surface area (Å²) in [6, 6.07) is 13.5. The number of amides is 1. The highest BCUT2D eigenvalue weighted by Gasteiger charge is 2.13.